The maximum Gasteiger partial charge on any atom is 0.0701 e. The monoisotopic (exact) mass is 255 g/mol. The van der Waals surface area contributed by atoms with Crippen LogP contribution in [0.3, 0.4) is 0 Å². The topological polar surface area (TPSA) is 30.9 Å². The summed E-state index contributed by atoms with van der Waals surface area (Å²) >= 11 is 0. The van der Waals surface area contributed by atoms with E-state index >= 15 is 0 Å². The summed E-state index contributed by atoms with van der Waals surface area (Å²) in [5.41, 5.74) is 0. The van der Waals surface area contributed by atoms with Crippen molar-refractivity contribution < 1.29 is 14.2 Å². The minimum atomic E-state index is 0.432. The van der Waals surface area contributed by atoms with Crippen molar-refractivity contribution in [1.29, 1.82) is 0 Å². The van der Waals surface area contributed by atoms with Gasteiger partial charge in [0.25, 0.3) is 0 Å². The first-order chi connectivity index (χ1) is 8.79. The van der Waals surface area contributed by atoms with Crippen LogP contribution in [0.2, 0.25) is 0 Å². The van der Waals surface area contributed by atoms with E-state index in [0.29, 0.717) is 32.3 Å². The van der Waals surface area contributed by atoms with Crippen LogP contribution in [0.15, 0.2) is 0 Å². The first-order valence-electron chi connectivity index (χ1n) is 6.73. The molecule has 4 nitrogen and oxygen atoms in total. The zero-order valence-electron chi connectivity index (χ0n) is 11.6. The lowest BCUT2D eigenvalue weighted by molar-refractivity contribution is -0.00419. The van der Waals surface area contributed by atoms with Crippen molar-refractivity contribution in [2.24, 2.45) is 5.92 Å². The van der Waals surface area contributed by atoms with Gasteiger partial charge in [0.1, 0.15) is 0 Å². The second-order valence-corrected chi connectivity index (χ2v) is 4.59. The van der Waals surface area contributed by atoms with E-state index in [9.17, 15) is 0 Å². The summed E-state index contributed by atoms with van der Waals surface area (Å²) in [4.78, 5) is 2.28. The highest BCUT2D eigenvalue weighted by Crippen LogP contribution is 1.93. The quantitative estimate of drug-likeness (QED) is 0.654. The lowest BCUT2D eigenvalue weighted by Gasteiger charge is -2.20. The summed E-state index contributed by atoms with van der Waals surface area (Å²) in [6, 6.07) is 0. The number of hydrogen-bond donors (Lipinski definition) is 0. The largest absolute Gasteiger partial charge is 0.378 e. The molecule has 0 unspecified atom stereocenters. The molecule has 0 aliphatic carbocycles. The predicted octanol–water partition coefficient (Wildman–Crippen LogP) is 1.01. The van der Waals surface area contributed by atoms with Gasteiger partial charge in [-0.3, -0.25) is 4.90 Å². The first-order valence-corrected chi connectivity index (χ1v) is 6.73. The third kappa shape index (κ3) is 8.48. The van der Waals surface area contributed by atoms with E-state index in [1.165, 1.54) is 0 Å². The Kier molecular flexibility index (Phi) is 8.87. The van der Waals surface area contributed by atoms with Gasteiger partial charge in [-0.2, -0.15) is 0 Å². The summed E-state index contributed by atoms with van der Waals surface area (Å²) in [5.74, 6) is 6.83. The molecule has 1 saturated heterocycles. The van der Waals surface area contributed by atoms with Crippen molar-refractivity contribution in [1.82, 2.24) is 4.90 Å². The summed E-state index contributed by atoms with van der Waals surface area (Å²) in [6.45, 7) is 10.9. The molecule has 0 aromatic carbocycles. The molecule has 0 bridgehead atoms. The van der Waals surface area contributed by atoms with Gasteiger partial charge in [-0.15, -0.1) is 0 Å². The average Bonchev–Trinajstić information content (AvgIpc) is 2.31. The van der Waals surface area contributed by atoms with Gasteiger partial charge in [0.05, 0.1) is 46.2 Å². The van der Waals surface area contributed by atoms with E-state index in [2.05, 4.69) is 30.6 Å². The molecule has 1 aliphatic rings. The van der Waals surface area contributed by atoms with Gasteiger partial charge < -0.3 is 14.2 Å². The number of hydrogen-bond acceptors (Lipinski definition) is 4. The zero-order chi connectivity index (χ0) is 13.1. The van der Waals surface area contributed by atoms with Gasteiger partial charge in [-0.25, -0.2) is 0 Å². The molecule has 0 spiro atoms. The third-order valence-electron chi connectivity index (χ3n) is 2.54. The van der Waals surface area contributed by atoms with E-state index in [1.807, 2.05) is 0 Å². The van der Waals surface area contributed by atoms with Crippen molar-refractivity contribution in [2.75, 3.05) is 59.3 Å². The van der Waals surface area contributed by atoms with E-state index in [-0.39, 0.29) is 0 Å². The fourth-order valence-corrected chi connectivity index (χ4v) is 1.56. The van der Waals surface area contributed by atoms with Crippen LogP contribution in [-0.2, 0) is 14.2 Å². The molecule has 4 heteroatoms. The van der Waals surface area contributed by atoms with E-state index in [1.54, 1.807) is 0 Å². The Morgan fingerprint density at radius 1 is 0.889 bits per heavy atom. The number of rotatable bonds is 1. The molecule has 18 heavy (non-hydrogen) atoms. The molecule has 0 amide bonds. The minimum absolute atomic E-state index is 0.432. The number of nitrogens with zero attached hydrogens (tertiary/aromatic N) is 1. The Morgan fingerprint density at radius 2 is 1.39 bits per heavy atom. The Bertz CT molecular complexity index is 246. The predicted molar refractivity (Wildman–Crippen MR) is 71.5 cm³/mol. The molecule has 0 atom stereocenters. The maximum absolute atomic E-state index is 5.51. The van der Waals surface area contributed by atoms with Crippen LogP contribution in [0.1, 0.15) is 13.8 Å². The van der Waals surface area contributed by atoms with Crippen LogP contribution in [-0.4, -0.2) is 64.2 Å². The molecular weight excluding hydrogens is 230 g/mol. The van der Waals surface area contributed by atoms with Crippen molar-refractivity contribution in [3.63, 3.8) is 0 Å². The molecule has 0 saturated carbocycles. The van der Waals surface area contributed by atoms with Gasteiger partial charge in [0.15, 0.2) is 0 Å². The summed E-state index contributed by atoms with van der Waals surface area (Å²) in [6.07, 6.45) is 0. The van der Waals surface area contributed by atoms with Gasteiger partial charge >= 0.3 is 0 Å². The Hall–Kier alpha value is -0.600. The van der Waals surface area contributed by atoms with Crippen LogP contribution in [0, 0.1) is 17.8 Å². The van der Waals surface area contributed by atoms with Crippen LogP contribution in [0.25, 0.3) is 0 Å². The molecule has 0 aromatic rings. The molecule has 0 aromatic heterocycles. The van der Waals surface area contributed by atoms with Gasteiger partial charge in [-0.1, -0.05) is 25.7 Å². The third-order valence-corrected chi connectivity index (χ3v) is 2.54. The SMILES string of the molecule is CC(C)C#CCN1CCOCCOCCOCC1. The first kappa shape index (κ1) is 15.5. The fourth-order valence-electron chi connectivity index (χ4n) is 1.56. The van der Waals surface area contributed by atoms with Gasteiger partial charge in [-0.05, 0) is 0 Å². The van der Waals surface area contributed by atoms with Crippen LogP contribution in [0.5, 0.6) is 0 Å². The van der Waals surface area contributed by atoms with Gasteiger partial charge in [0, 0.05) is 19.0 Å². The molecule has 1 heterocycles. The second kappa shape index (κ2) is 10.3. The standard InChI is InChI=1S/C14H25NO3/c1-14(2)4-3-5-15-6-8-16-10-12-18-13-11-17-9-7-15/h14H,5-13H2,1-2H3. The molecule has 104 valence electrons. The lowest BCUT2D eigenvalue weighted by Crippen LogP contribution is -2.32. The van der Waals surface area contributed by atoms with Crippen molar-refractivity contribution in [2.45, 2.75) is 13.8 Å². The summed E-state index contributed by atoms with van der Waals surface area (Å²) < 4.78 is 16.4. The van der Waals surface area contributed by atoms with E-state index < -0.39 is 0 Å². The highest BCUT2D eigenvalue weighted by Gasteiger charge is 2.04. The number of ether oxygens (including phenoxy) is 3. The molecular formula is C14H25NO3. The van der Waals surface area contributed by atoms with Crippen LogP contribution in [0.4, 0.5) is 0 Å². The lowest BCUT2D eigenvalue weighted by atomic mass is 10.2. The van der Waals surface area contributed by atoms with Crippen LogP contribution >= 0.6 is 0 Å². The summed E-state index contributed by atoms with van der Waals surface area (Å²) in [5, 5.41) is 0. The molecule has 1 aliphatic heterocycles. The van der Waals surface area contributed by atoms with E-state index in [0.717, 1.165) is 32.8 Å². The Labute approximate surface area is 111 Å². The highest BCUT2D eigenvalue weighted by atomic mass is 16.5. The molecule has 1 fully saturated rings. The molecule has 1 rings (SSSR count). The second-order valence-electron chi connectivity index (χ2n) is 4.59. The minimum Gasteiger partial charge on any atom is -0.378 e. The maximum atomic E-state index is 5.51. The Morgan fingerprint density at radius 3 is 1.89 bits per heavy atom. The van der Waals surface area contributed by atoms with E-state index in [4.69, 9.17) is 14.2 Å². The molecule has 0 radical (unpaired) electrons. The van der Waals surface area contributed by atoms with Gasteiger partial charge in [0.2, 0.25) is 0 Å². The van der Waals surface area contributed by atoms with Crippen molar-refractivity contribution >= 4 is 0 Å². The van der Waals surface area contributed by atoms with Crippen molar-refractivity contribution in [3.05, 3.63) is 0 Å². The van der Waals surface area contributed by atoms with Crippen molar-refractivity contribution in [3.8, 4) is 11.8 Å². The fraction of sp³-hybridized carbons (Fsp3) is 0.857. The molecule has 0 N–H and O–H groups in total. The Balaban J connectivity index is 2.30. The smallest absolute Gasteiger partial charge is 0.0701 e. The average molecular weight is 255 g/mol. The highest BCUT2D eigenvalue weighted by molar-refractivity contribution is 5.03. The normalized spacial score (nSPS) is 20.6. The van der Waals surface area contributed by atoms with Crippen LogP contribution < -0.4 is 0 Å². The zero-order valence-corrected chi connectivity index (χ0v) is 11.6. The summed E-state index contributed by atoms with van der Waals surface area (Å²) in [7, 11) is 0.